The first-order chi connectivity index (χ1) is 37.0. The van der Waals surface area contributed by atoms with Gasteiger partial charge in [0, 0.05) is 51.3 Å². The molecule has 0 radical (unpaired) electrons. The molecule has 4 saturated heterocycles. The van der Waals surface area contributed by atoms with Gasteiger partial charge in [-0.1, -0.05) is 20.8 Å². The van der Waals surface area contributed by atoms with Gasteiger partial charge in [0.1, 0.15) is 47.4 Å². The monoisotopic (exact) mass is 1120 g/mol. The van der Waals surface area contributed by atoms with Crippen molar-refractivity contribution in [3.05, 3.63) is 40.2 Å². The fourth-order valence-electron chi connectivity index (χ4n) is 12.3. The number of hydrogen-bond acceptors (Lipinski definition) is 20. The number of carbonyl (C=O) groups is 3. The van der Waals surface area contributed by atoms with E-state index in [0.717, 1.165) is 0 Å². The van der Waals surface area contributed by atoms with E-state index in [2.05, 4.69) is 0 Å². The van der Waals surface area contributed by atoms with E-state index in [1.54, 1.807) is 79.4 Å². The SMILES string of the molecule is CC[C@H]1OC(=O)[C@H](C)[C@@H](O[C@H]2C[C@@](C)(OC)[C@H]3OC(=O)N(CCOCCOCCOc4ccc5c(c4)c(=O)c(C(=O)O)cn5CC)[C@@H]3O2)[C@H](C)C[C@@](O)(C[C@@]2(O)O[C@H](C)C[C@H](N(C)C)[C@H]2O)C[C@@H](C)CN(C)[C@H](C)[C@@H](O)[C@]1(C)O. The maximum atomic E-state index is 14.5. The number of aromatic carboxylic acids is 1. The Balaban J connectivity index is 1.16. The van der Waals surface area contributed by atoms with Gasteiger partial charge in [0.25, 0.3) is 0 Å². The Morgan fingerprint density at radius 2 is 1.57 bits per heavy atom. The standard InChI is InChI=1S/C56H90N4O19/c1-14-42-54(9,68)46(62)36(7)58(12)29-32(3)26-55(69,31-56(70)47(63)41(57(10)11)24-34(5)79-56)27-33(4)45(35(6)51(66)75-42)76-43-28-53(8,71-13)48-49(77-43)60(52(67)78-48)18-19-72-20-21-73-22-23-74-37-16-17-40-38(25-37)44(61)39(50(64)65)30-59(40)15-2/h16-17,25,30,32-36,41-43,45-49,62-63,68-70H,14-15,18-24,26-29,31H2,1-13H3,(H,64,65)/t32-,33-,34-,35-,36-,41+,42-,43-,45+,46-,47-,48+,49-,53-,54-,55-,56-/m1/s1. The van der Waals surface area contributed by atoms with Crippen LogP contribution >= 0.6 is 0 Å². The Hall–Kier alpha value is -4.08. The van der Waals surface area contributed by atoms with E-state index in [4.69, 9.17) is 42.6 Å². The molecule has 4 aliphatic heterocycles. The van der Waals surface area contributed by atoms with Gasteiger partial charge in [-0.2, -0.15) is 0 Å². The Bertz CT molecular complexity index is 2440. The number of carbonyl (C=O) groups excluding carboxylic acids is 2. The van der Waals surface area contributed by atoms with E-state index in [9.17, 15) is 49.8 Å². The molecule has 1 amide bonds. The molecule has 23 nitrogen and oxygen atoms in total. The third kappa shape index (κ3) is 14.6. The molecule has 1 aromatic carbocycles. The van der Waals surface area contributed by atoms with Crippen LogP contribution in [0.25, 0.3) is 10.9 Å². The number of nitrogens with zero attached hydrogens (tertiary/aromatic N) is 4. The van der Waals surface area contributed by atoms with E-state index >= 15 is 0 Å². The smallest absolute Gasteiger partial charge is 0.412 e. The molecule has 0 bridgehead atoms. The summed E-state index contributed by atoms with van der Waals surface area (Å²) < 4.78 is 56.7. The topological polar surface area (TPSA) is 287 Å². The van der Waals surface area contributed by atoms with Gasteiger partial charge in [-0.3, -0.25) is 14.5 Å². The minimum absolute atomic E-state index is 0.0347. The first kappa shape index (κ1) is 64.1. The zero-order valence-electron chi connectivity index (χ0n) is 48.5. The third-order valence-electron chi connectivity index (χ3n) is 16.8. The molecule has 6 N–H and O–H groups in total. The van der Waals surface area contributed by atoms with Crippen molar-refractivity contribution in [2.24, 2.45) is 17.8 Å². The van der Waals surface area contributed by atoms with Gasteiger partial charge in [-0.15, -0.1) is 0 Å². The summed E-state index contributed by atoms with van der Waals surface area (Å²) in [5.41, 5.74) is -5.15. The molecule has 79 heavy (non-hydrogen) atoms. The summed E-state index contributed by atoms with van der Waals surface area (Å²) in [6, 6.07) is 3.80. The van der Waals surface area contributed by atoms with Crippen molar-refractivity contribution in [3.63, 3.8) is 0 Å². The summed E-state index contributed by atoms with van der Waals surface area (Å²) in [5, 5.41) is 70.5. The molecule has 0 saturated carbocycles. The lowest BCUT2D eigenvalue weighted by atomic mass is 9.74. The lowest BCUT2D eigenvalue weighted by Crippen LogP contribution is -2.63. The largest absolute Gasteiger partial charge is 0.491 e. The highest BCUT2D eigenvalue weighted by atomic mass is 16.7. The molecular weight excluding hydrogens is 1030 g/mol. The van der Waals surface area contributed by atoms with Crippen LogP contribution in [0.1, 0.15) is 111 Å². The summed E-state index contributed by atoms with van der Waals surface area (Å²) in [4.78, 5) is 57.7. The van der Waals surface area contributed by atoms with Crippen molar-refractivity contribution >= 4 is 28.9 Å². The number of hydrogen-bond donors (Lipinski definition) is 6. The van der Waals surface area contributed by atoms with Gasteiger partial charge in [0.15, 0.2) is 24.4 Å². The molecular formula is C56H90N4O19. The van der Waals surface area contributed by atoms with Crippen LogP contribution < -0.4 is 10.2 Å². The summed E-state index contributed by atoms with van der Waals surface area (Å²) in [6.07, 6.45) is -7.65. The number of ether oxygens (including phenoxy) is 9. The number of pyridine rings is 1. The van der Waals surface area contributed by atoms with Crippen LogP contribution in [0.4, 0.5) is 4.79 Å². The molecule has 23 heteroatoms. The number of carboxylic acids is 1. The predicted molar refractivity (Wildman–Crippen MR) is 287 cm³/mol. The highest BCUT2D eigenvalue weighted by Crippen LogP contribution is 2.44. The molecule has 5 heterocycles. The van der Waals surface area contributed by atoms with Gasteiger partial charge >= 0.3 is 18.0 Å². The number of benzene rings is 1. The quantitative estimate of drug-likeness (QED) is 0.0870. The Morgan fingerprint density at radius 1 is 0.899 bits per heavy atom. The van der Waals surface area contributed by atoms with E-state index in [0.29, 0.717) is 30.8 Å². The Labute approximate surface area is 463 Å². The molecule has 17 atom stereocenters. The number of rotatable bonds is 19. The highest BCUT2D eigenvalue weighted by Gasteiger charge is 2.59. The van der Waals surface area contributed by atoms with E-state index < -0.39 is 126 Å². The van der Waals surface area contributed by atoms with Crippen LogP contribution in [0, 0.1) is 17.8 Å². The van der Waals surface area contributed by atoms with E-state index in [1.807, 2.05) is 23.6 Å². The Kier molecular flexibility index (Phi) is 21.5. The number of cyclic esters (lactones) is 1. The summed E-state index contributed by atoms with van der Waals surface area (Å²) >= 11 is 0. The third-order valence-corrected chi connectivity index (χ3v) is 16.8. The predicted octanol–water partition coefficient (Wildman–Crippen LogP) is 3.18. The average molecular weight is 1120 g/mol. The minimum atomic E-state index is -2.18. The van der Waals surface area contributed by atoms with Crippen molar-refractivity contribution in [3.8, 4) is 5.75 Å². The van der Waals surface area contributed by atoms with Gasteiger partial charge in [0.2, 0.25) is 5.43 Å². The number of esters is 1. The van der Waals surface area contributed by atoms with Crippen molar-refractivity contribution in [1.29, 1.82) is 0 Å². The lowest BCUT2D eigenvalue weighted by Gasteiger charge is -2.50. The van der Waals surface area contributed by atoms with Crippen LogP contribution in [-0.4, -0.2) is 226 Å². The normalized spacial score (nSPS) is 37.3. The lowest BCUT2D eigenvalue weighted by molar-refractivity contribution is -0.328. The molecule has 1 aromatic heterocycles. The number of amides is 1. The maximum absolute atomic E-state index is 14.5. The number of fused-ring (bicyclic) bond motifs is 2. The Morgan fingerprint density at radius 3 is 2.20 bits per heavy atom. The molecule has 4 fully saturated rings. The number of aryl methyl sites for hydroxylation is 1. The molecule has 448 valence electrons. The van der Waals surface area contributed by atoms with E-state index in [-0.39, 0.29) is 82.1 Å². The number of likely N-dealkylation sites (N-methyl/N-ethyl adjacent to an activating group) is 2. The first-order valence-corrected chi connectivity index (χ1v) is 27.8. The van der Waals surface area contributed by atoms with Crippen LogP contribution in [0.5, 0.6) is 5.75 Å². The molecule has 6 rings (SSSR count). The van der Waals surface area contributed by atoms with Gasteiger partial charge in [0.05, 0.1) is 67.6 Å². The van der Waals surface area contributed by atoms with Crippen LogP contribution in [-0.2, 0) is 49.2 Å². The number of methoxy groups -OCH3 is 1. The summed E-state index contributed by atoms with van der Waals surface area (Å²) in [7, 11) is 6.89. The zero-order chi connectivity index (χ0) is 58.5. The fourth-order valence-corrected chi connectivity index (χ4v) is 12.3. The minimum Gasteiger partial charge on any atom is -0.491 e. The zero-order valence-corrected chi connectivity index (χ0v) is 48.5. The second-order valence-corrected chi connectivity index (χ2v) is 23.3. The number of aliphatic hydroxyl groups excluding tert-OH is 2. The van der Waals surface area contributed by atoms with E-state index in [1.165, 1.54) is 31.2 Å². The number of carboxylic acid groups (broad SMARTS) is 1. The van der Waals surface area contributed by atoms with Gasteiger partial charge in [-0.05, 0) is 118 Å². The number of aliphatic hydroxyl groups is 5. The molecule has 2 aromatic rings. The van der Waals surface area contributed by atoms with Gasteiger partial charge < -0.3 is 87.6 Å². The molecule has 0 spiro atoms. The average Bonchev–Trinajstić information content (AvgIpc) is 3.85. The van der Waals surface area contributed by atoms with Crippen molar-refractivity contribution in [2.75, 3.05) is 74.4 Å². The fraction of sp³-hybridized carbons (Fsp3) is 0.786. The molecule has 0 unspecified atom stereocenters. The van der Waals surface area contributed by atoms with Crippen LogP contribution in [0.15, 0.2) is 29.2 Å². The summed E-state index contributed by atoms with van der Waals surface area (Å²) in [5.74, 6) is -5.95. The second-order valence-electron chi connectivity index (χ2n) is 23.3. The molecule has 4 aliphatic rings. The molecule has 0 aliphatic carbocycles. The number of aromatic nitrogens is 1. The van der Waals surface area contributed by atoms with Gasteiger partial charge in [-0.25, -0.2) is 9.59 Å². The maximum Gasteiger partial charge on any atom is 0.412 e. The van der Waals surface area contributed by atoms with Crippen molar-refractivity contribution < 1.29 is 87.7 Å². The van der Waals surface area contributed by atoms with Crippen molar-refractivity contribution in [2.45, 2.75) is 191 Å². The summed E-state index contributed by atoms with van der Waals surface area (Å²) in [6.45, 7) is 17.3. The van der Waals surface area contributed by atoms with Crippen molar-refractivity contribution in [1.82, 2.24) is 19.3 Å². The highest BCUT2D eigenvalue weighted by molar-refractivity contribution is 5.93. The second kappa shape index (κ2) is 26.4. The van der Waals surface area contributed by atoms with Crippen LogP contribution in [0.2, 0.25) is 0 Å². The first-order valence-electron chi connectivity index (χ1n) is 27.8. The van der Waals surface area contributed by atoms with Crippen LogP contribution in [0.3, 0.4) is 0 Å².